The zero-order valence-corrected chi connectivity index (χ0v) is 12.3. The normalized spacial score (nSPS) is 15.7. The van der Waals surface area contributed by atoms with Crippen LogP contribution in [0.1, 0.15) is 32.3 Å². The topological polar surface area (TPSA) is 3.24 Å². The molecule has 18 heavy (non-hydrogen) atoms. The Morgan fingerprint density at radius 3 is 2.56 bits per heavy atom. The van der Waals surface area contributed by atoms with Gasteiger partial charge in [-0.2, -0.15) is 0 Å². The summed E-state index contributed by atoms with van der Waals surface area (Å²) in [6.07, 6.45) is 2.29. The number of hydrogen-bond donors (Lipinski definition) is 0. The van der Waals surface area contributed by atoms with Gasteiger partial charge in [-0.15, -0.1) is 0 Å². The molecule has 100 valence electrons. The molecule has 0 heterocycles. The minimum atomic E-state index is -0.468. The Morgan fingerprint density at radius 2 is 2.00 bits per heavy atom. The zero-order valence-electron chi connectivity index (χ0n) is 10.7. The molecule has 0 radical (unpaired) electrons. The summed E-state index contributed by atoms with van der Waals surface area (Å²) < 4.78 is 28.0. The average Bonchev–Trinajstić information content (AvgIpc) is 3.11. The van der Waals surface area contributed by atoms with Gasteiger partial charge in [0, 0.05) is 24.7 Å². The van der Waals surface area contributed by atoms with Crippen LogP contribution in [0, 0.1) is 17.6 Å². The van der Waals surface area contributed by atoms with Crippen molar-refractivity contribution in [1.82, 2.24) is 4.90 Å². The molecule has 1 fully saturated rings. The van der Waals surface area contributed by atoms with Crippen molar-refractivity contribution in [2.45, 2.75) is 39.3 Å². The van der Waals surface area contributed by atoms with Gasteiger partial charge in [0.1, 0.15) is 11.6 Å². The fourth-order valence-corrected chi connectivity index (χ4v) is 2.54. The van der Waals surface area contributed by atoms with Crippen molar-refractivity contribution >= 4 is 15.9 Å². The molecule has 0 atom stereocenters. The van der Waals surface area contributed by atoms with Crippen molar-refractivity contribution in [2.24, 2.45) is 5.92 Å². The van der Waals surface area contributed by atoms with E-state index in [4.69, 9.17) is 0 Å². The molecule has 2 rings (SSSR count). The number of hydrogen-bond acceptors (Lipinski definition) is 1. The Hall–Kier alpha value is -0.480. The highest BCUT2D eigenvalue weighted by atomic mass is 79.9. The van der Waals surface area contributed by atoms with Crippen LogP contribution in [-0.2, 0) is 6.54 Å². The van der Waals surface area contributed by atoms with Gasteiger partial charge in [-0.25, -0.2) is 8.78 Å². The number of nitrogens with zero attached hydrogens (tertiary/aromatic N) is 1. The molecule has 1 aromatic rings. The first kappa shape index (κ1) is 13.9. The molecule has 1 aromatic carbocycles. The fourth-order valence-electron chi connectivity index (χ4n) is 2.17. The second-order valence-electron chi connectivity index (χ2n) is 5.38. The summed E-state index contributed by atoms with van der Waals surface area (Å²) in [4.78, 5) is 2.19. The molecular weight excluding hydrogens is 300 g/mol. The number of halogens is 3. The molecule has 0 amide bonds. The number of rotatable bonds is 5. The van der Waals surface area contributed by atoms with Crippen LogP contribution in [0.25, 0.3) is 0 Å². The van der Waals surface area contributed by atoms with Crippen LogP contribution in [0.15, 0.2) is 16.6 Å². The summed E-state index contributed by atoms with van der Waals surface area (Å²) in [6, 6.07) is 3.24. The van der Waals surface area contributed by atoms with Gasteiger partial charge in [-0.3, -0.25) is 4.90 Å². The van der Waals surface area contributed by atoms with Crippen molar-refractivity contribution in [3.8, 4) is 0 Å². The molecule has 1 nitrogen and oxygen atoms in total. The van der Waals surface area contributed by atoms with Gasteiger partial charge in [0.15, 0.2) is 0 Å². The lowest BCUT2D eigenvalue weighted by Crippen LogP contribution is -2.30. The summed E-state index contributed by atoms with van der Waals surface area (Å²) in [7, 11) is 0. The molecule has 0 aliphatic heterocycles. The predicted octanol–water partition coefficient (Wildman–Crippen LogP) is 4.35. The molecule has 0 unspecified atom stereocenters. The molecule has 0 spiro atoms. The Labute approximate surface area is 115 Å². The van der Waals surface area contributed by atoms with Gasteiger partial charge in [-0.05, 0) is 46.8 Å². The average molecular weight is 318 g/mol. The third kappa shape index (κ3) is 3.29. The lowest BCUT2D eigenvalue weighted by Gasteiger charge is -2.24. The molecular formula is C14H18BrF2N. The maximum atomic E-state index is 13.9. The zero-order chi connectivity index (χ0) is 13.3. The standard InChI is InChI=1S/C14H18BrF2N/c1-9(2)7-18(10-3-4-10)8-11-13(16)6-5-12(15)14(11)17/h5-6,9-10H,3-4,7-8H2,1-2H3. The second kappa shape index (κ2) is 5.66. The van der Waals surface area contributed by atoms with E-state index >= 15 is 0 Å². The van der Waals surface area contributed by atoms with Crippen LogP contribution < -0.4 is 0 Å². The highest BCUT2D eigenvalue weighted by Gasteiger charge is 2.30. The van der Waals surface area contributed by atoms with Gasteiger partial charge in [0.25, 0.3) is 0 Å². The monoisotopic (exact) mass is 317 g/mol. The van der Waals surface area contributed by atoms with E-state index in [9.17, 15) is 8.78 Å². The van der Waals surface area contributed by atoms with E-state index in [0.717, 1.165) is 19.4 Å². The first-order valence-corrected chi connectivity index (χ1v) is 7.14. The largest absolute Gasteiger partial charge is 0.296 e. The van der Waals surface area contributed by atoms with Crippen molar-refractivity contribution in [2.75, 3.05) is 6.54 Å². The van der Waals surface area contributed by atoms with Crippen LogP contribution in [0.3, 0.4) is 0 Å². The van der Waals surface area contributed by atoms with Gasteiger partial charge in [-0.1, -0.05) is 13.8 Å². The molecule has 1 saturated carbocycles. The Bertz CT molecular complexity index is 430. The Balaban J connectivity index is 2.18. The Morgan fingerprint density at radius 1 is 1.33 bits per heavy atom. The lowest BCUT2D eigenvalue weighted by molar-refractivity contribution is 0.220. The summed E-state index contributed by atoms with van der Waals surface area (Å²) >= 11 is 3.11. The molecule has 0 saturated heterocycles. The van der Waals surface area contributed by atoms with Crippen LogP contribution in [0.5, 0.6) is 0 Å². The first-order valence-electron chi connectivity index (χ1n) is 6.35. The quantitative estimate of drug-likeness (QED) is 0.730. The number of benzene rings is 1. The van der Waals surface area contributed by atoms with Crippen molar-refractivity contribution in [3.63, 3.8) is 0 Å². The van der Waals surface area contributed by atoms with E-state index in [1.807, 2.05) is 0 Å². The van der Waals surface area contributed by atoms with Crippen LogP contribution in [-0.4, -0.2) is 17.5 Å². The minimum Gasteiger partial charge on any atom is -0.296 e. The van der Waals surface area contributed by atoms with E-state index in [2.05, 4.69) is 34.7 Å². The summed E-state index contributed by atoms with van der Waals surface area (Å²) in [6.45, 7) is 5.50. The molecule has 1 aliphatic carbocycles. The highest BCUT2D eigenvalue weighted by Crippen LogP contribution is 2.31. The maximum Gasteiger partial charge on any atom is 0.144 e. The van der Waals surface area contributed by atoms with Gasteiger partial charge < -0.3 is 0 Å². The second-order valence-corrected chi connectivity index (χ2v) is 6.23. The van der Waals surface area contributed by atoms with Crippen LogP contribution in [0.4, 0.5) is 8.78 Å². The fraction of sp³-hybridized carbons (Fsp3) is 0.571. The van der Waals surface area contributed by atoms with E-state index in [1.54, 1.807) is 0 Å². The van der Waals surface area contributed by atoms with E-state index in [0.29, 0.717) is 23.0 Å². The molecule has 0 N–H and O–H groups in total. The third-order valence-electron chi connectivity index (χ3n) is 3.16. The highest BCUT2D eigenvalue weighted by molar-refractivity contribution is 9.10. The maximum absolute atomic E-state index is 13.9. The van der Waals surface area contributed by atoms with Gasteiger partial charge in [0.2, 0.25) is 0 Å². The van der Waals surface area contributed by atoms with Crippen LogP contribution in [0.2, 0.25) is 0 Å². The van der Waals surface area contributed by atoms with Gasteiger partial charge >= 0.3 is 0 Å². The van der Waals surface area contributed by atoms with E-state index in [-0.39, 0.29) is 5.56 Å². The minimum absolute atomic E-state index is 0.178. The predicted molar refractivity (Wildman–Crippen MR) is 72.3 cm³/mol. The van der Waals surface area contributed by atoms with E-state index < -0.39 is 11.6 Å². The molecule has 0 aromatic heterocycles. The van der Waals surface area contributed by atoms with Crippen LogP contribution >= 0.6 is 15.9 Å². The van der Waals surface area contributed by atoms with Crippen molar-refractivity contribution in [3.05, 3.63) is 33.8 Å². The molecule has 0 bridgehead atoms. The lowest BCUT2D eigenvalue weighted by atomic mass is 10.1. The molecule has 1 aliphatic rings. The SMILES string of the molecule is CC(C)CN(Cc1c(F)ccc(Br)c1F)C1CC1. The summed E-state index contributed by atoms with van der Waals surface area (Å²) in [5.74, 6) is -0.418. The van der Waals surface area contributed by atoms with Gasteiger partial charge in [0.05, 0.1) is 4.47 Å². The first-order chi connectivity index (χ1) is 8.49. The van der Waals surface area contributed by atoms with E-state index in [1.165, 1.54) is 12.1 Å². The van der Waals surface area contributed by atoms with Crippen molar-refractivity contribution < 1.29 is 8.78 Å². The van der Waals surface area contributed by atoms with Crippen molar-refractivity contribution in [1.29, 1.82) is 0 Å². The Kier molecular flexibility index (Phi) is 4.38. The summed E-state index contributed by atoms with van der Waals surface area (Å²) in [5, 5.41) is 0. The smallest absolute Gasteiger partial charge is 0.144 e. The third-order valence-corrected chi connectivity index (χ3v) is 3.78. The summed E-state index contributed by atoms with van der Waals surface area (Å²) in [5.41, 5.74) is 0.178. The molecule has 4 heteroatoms.